The number of methoxy groups -OCH3 is 1. The minimum absolute atomic E-state index is 0.0640. The second kappa shape index (κ2) is 8.01. The monoisotopic (exact) mass is 368 g/mol. The standard InChI is InChI=1S/C22H28N2O3/c1-16-8-9-19(27-13-12-24(2)3)15-20(16)21(25)23-22(10-11-22)17-6-5-7-18(14-17)26-4/h5-9,14-15H,10-13H2,1-4H3,(H,23,25). The highest BCUT2D eigenvalue weighted by Gasteiger charge is 2.46. The van der Waals surface area contributed by atoms with Crippen LogP contribution in [0.3, 0.4) is 0 Å². The van der Waals surface area contributed by atoms with Gasteiger partial charge in [-0.2, -0.15) is 0 Å². The Morgan fingerprint density at radius 3 is 2.59 bits per heavy atom. The second-order valence-corrected chi connectivity index (χ2v) is 7.40. The molecule has 0 saturated heterocycles. The Morgan fingerprint density at radius 2 is 1.93 bits per heavy atom. The lowest BCUT2D eigenvalue weighted by atomic mass is 10.0. The minimum Gasteiger partial charge on any atom is -0.497 e. The lowest BCUT2D eigenvalue weighted by Crippen LogP contribution is -2.35. The second-order valence-electron chi connectivity index (χ2n) is 7.40. The number of ether oxygens (including phenoxy) is 2. The number of hydrogen-bond donors (Lipinski definition) is 1. The molecule has 144 valence electrons. The van der Waals surface area contributed by atoms with Crippen molar-refractivity contribution >= 4 is 5.91 Å². The number of nitrogens with zero attached hydrogens (tertiary/aromatic N) is 1. The predicted molar refractivity (Wildman–Crippen MR) is 107 cm³/mol. The number of hydrogen-bond acceptors (Lipinski definition) is 4. The molecule has 5 heteroatoms. The van der Waals surface area contributed by atoms with E-state index in [1.54, 1.807) is 7.11 Å². The van der Waals surface area contributed by atoms with Gasteiger partial charge in [0, 0.05) is 12.1 Å². The first-order valence-corrected chi connectivity index (χ1v) is 9.29. The summed E-state index contributed by atoms with van der Waals surface area (Å²) in [7, 11) is 5.67. The maximum atomic E-state index is 13.0. The molecule has 0 radical (unpaired) electrons. The van der Waals surface area contributed by atoms with Crippen molar-refractivity contribution in [1.82, 2.24) is 10.2 Å². The number of rotatable bonds is 8. The van der Waals surface area contributed by atoms with Gasteiger partial charge >= 0.3 is 0 Å². The molecule has 27 heavy (non-hydrogen) atoms. The molecule has 1 amide bonds. The number of carbonyl (C=O) groups excluding carboxylic acids is 1. The van der Waals surface area contributed by atoms with E-state index in [0.717, 1.165) is 42.0 Å². The molecule has 1 N–H and O–H groups in total. The van der Waals surface area contributed by atoms with E-state index in [1.165, 1.54) is 0 Å². The maximum Gasteiger partial charge on any atom is 0.252 e. The highest BCUT2D eigenvalue weighted by Crippen LogP contribution is 2.46. The topological polar surface area (TPSA) is 50.8 Å². The van der Waals surface area contributed by atoms with Gasteiger partial charge in [-0.1, -0.05) is 18.2 Å². The molecular formula is C22H28N2O3. The van der Waals surface area contributed by atoms with Gasteiger partial charge in [-0.15, -0.1) is 0 Å². The van der Waals surface area contributed by atoms with Gasteiger partial charge in [0.05, 0.1) is 12.6 Å². The number of carbonyl (C=O) groups is 1. The maximum absolute atomic E-state index is 13.0. The third-order valence-electron chi connectivity index (χ3n) is 4.99. The van der Waals surface area contributed by atoms with Gasteiger partial charge in [0.1, 0.15) is 18.1 Å². The smallest absolute Gasteiger partial charge is 0.252 e. The Morgan fingerprint density at radius 1 is 1.15 bits per heavy atom. The molecule has 1 fully saturated rings. The molecule has 3 rings (SSSR count). The van der Waals surface area contributed by atoms with E-state index in [4.69, 9.17) is 9.47 Å². The van der Waals surface area contributed by atoms with Crippen molar-refractivity contribution in [3.05, 3.63) is 59.2 Å². The molecular weight excluding hydrogens is 340 g/mol. The predicted octanol–water partition coefficient (Wildman–Crippen LogP) is 3.36. The Bertz CT molecular complexity index is 813. The molecule has 0 aromatic heterocycles. The van der Waals surface area contributed by atoms with E-state index in [-0.39, 0.29) is 11.4 Å². The van der Waals surface area contributed by atoms with E-state index < -0.39 is 0 Å². The molecule has 0 atom stereocenters. The Hall–Kier alpha value is -2.53. The molecule has 2 aromatic rings. The lowest BCUT2D eigenvalue weighted by Gasteiger charge is -2.20. The van der Waals surface area contributed by atoms with Crippen LogP contribution in [0.4, 0.5) is 0 Å². The van der Waals surface area contributed by atoms with Crippen LogP contribution in [0.5, 0.6) is 11.5 Å². The van der Waals surface area contributed by atoms with E-state index in [9.17, 15) is 4.79 Å². The molecule has 0 aliphatic heterocycles. The molecule has 0 bridgehead atoms. The van der Waals surface area contributed by atoms with Crippen molar-refractivity contribution in [2.24, 2.45) is 0 Å². The van der Waals surface area contributed by atoms with Crippen molar-refractivity contribution < 1.29 is 14.3 Å². The summed E-state index contributed by atoms with van der Waals surface area (Å²) in [4.78, 5) is 15.0. The summed E-state index contributed by atoms with van der Waals surface area (Å²) >= 11 is 0. The lowest BCUT2D eigenvalue weighted by molar-refractivity contribution is 0.0929. The molecule has 1 aliphatic carbocycles. The highest BCUT2D eigenvalue weighted by molar-refractivity contribution is 5.96. The summed E-state index contributed by atoms with van der Waals surface area (Å²) in [5.41, 5.74) is 2.39. The van der Waals surface area contributed by atoms with Crippen molar-refractivity contribution in [3.63, 3.8) is 0 Å². The number of nitrogens with one attached hydrogen (secondary N) is 1. The van der Waals surface area contributed by atoms with Crippen LogP contribution < -0.4 is 14.8 Å². The average Bonchev–Trinajstić information content (AvgIpc) is 3.43. The first-order valence-electron chi connectivity index (χ1n) is 9.29. The number of benzene rings is 2. The van der Waals surface area contributed by atoms with Crippen molar-refractivity contribution in [3.8, 4) is 11.5 Å². The van der Waals surface area contributed by atoms with Crippen LogP contribution in [-0.4, -0.2) is 45.2 Å². The minimum atomic E-state index is -0.292. The van der Waals surface area contributed by atoms with Crippen LogP contribution in [0, 0.1) is 6.92 Å². The van der Waals surface area contributed by atoms with Crippen molar-refractivity contribution in [1.29, 1.82) is 0 Å². The summed E-state index contributed by atoms with van der Waals surface area (Å²) in [5.74, 6) is 1.46. The van der Waals surface area contributed by atoms with Crippen LogP contribution in [0.2, 0.25) is 0 Å². The molecule has 0 heterocycles. The summed E-state index contributed by atoms with van der Waals surface area (Å²) in [6.07, 6.45) is 1.87. The zero-order chi connectivity index (χ0) is 19.4. The van der Waals surface area contributed by atoms with Gasteiger partial charge in [-0.25, -0.2) is 0 Å². The molecule has 5 nitrogen and oxygen atoms in total. The summed E-state index contributed by atoms with van der Waals surface area (Å²) in [6.45, 7) is 3.36. The number of aryl methyl sites for hydroxylation is 1. The van der Waals surface area contributed by atoms with Crippen LogP contribution >= 0.6 is 0 Å². The normalized spacial score (nSPS) is 14.7. The average molecular weight is 368 g/mol. The largest absolute Gasteiger partial charge is 0.497 e. The zero-order valence-electron chi connectivity index (χ0n) is 16.5. The van der Waals surface area contributed by atoms with Gasteiger partial charge in [-0.3, -0.25) is 4.79 Å². The molecule has 0 spiro atoms. The Labute approximate surface area is 161 Å². The Kier molecular flexibility index (Phi) is 5.71. The summed E-state index contributed by atoms with van der Waals surface area (Å²) in [6, 6.07) is 13.6. The van der Waals surface area contributed by atoms with E-state index in [1.807, 2.05) is 63.5 Å². The van der Waals surface area contributed by atoms with Crippen LogP contribution in [-0.2, 0) is 5.54 Å². The first kappa shape index (κ1) is 19.2. The van der Waals surface area contributed by atoms with Crippen molar-refractivity contribution in [2.75, 3.05) is 34.4 Å². The van der Waals surface area contributed by atoms with Gasteiger partial charge < -0.3 is 19.7 Å². The zero-order valence-corrected chi connectivity index (χ0v) is 16.5. The summed E-state index contributed by atoms with van der Waals surface area (Å²) in [5, 5.41) is 3.24. The molecule has 2 aromatic carbocycles. The SMILES string of the molecule is COc1cccc(C2(NC(=O)c3cc(OCCN(C)C)ccc3C)CC2)c1. The number of likely N-dealkylation sites (N-methyl/N-ethyl adjacent to an activating group) is 1. The highest BCUT2D eigenvalue weighted by atomic mass is 16.5. The third kappa shape index (κ3) is 4.61. The van der Waals surface area contributed by atoms with E-state index >= 15 is 0 Å². The fourth-order valence-corrected chi connectivity index (χ4v) is 3.10. The van der Waals surface area contributed by atoms with Gasteiger partial charge in [0.25, 0.3) is 5.91 Å². The van der Waals surface area contributed by atoms with Gasteiger partial charge in [0.15, 0.2) is 0 Å². The van der Waals surface area contributed by atoms with Crippen molar-refractivity contribution in [2.45, 2.75) is 25.3 Å². The number of amides is 1. The van der Waals surface area contributed by atoms with Crippen LogP contribution in [0.25, 0.3) is 0 Å². The Balaban J connectivity index is 1.73. The van der Waals surface area contributed by atoms with Crippen LogP contribution in [0.15, 0.2) is 42.5 Å². The van der Waals surface area contributed by atoms with Crippen LogP contribution in [0.1, 0.15) is 34.3 Å². The van der Waals surface area contributed by atoms with Gasteiger partial charge in [-0.05, 0) is 69.3 Å². The summed E-state index contributed by atoms with van der Waals surface area (Å²) < 4.78 is 11.1. The molecule has 0 unspecified atom stereocenters. The molecule has 1 aliphatic rings. The van der Waals surface area contributed by atoms with E-state index in [0.29, 0.717) is 12.2 Å². The fourth-order valence-electron chi connectivity index (χ4n) is 3.10. The third-order valence-corrected chi connectivity index (χ3v) is 4.99. The van der Waals surface area contributed by atoms with Gasteiger partial charge in [0.2, 0.25) is 0 Å². The molecule has 1 saturated carbocycles. The first-order chi connectivity index (χ1) is 12.9. The fraction of sp³-hybridized carbons (Fsp3) is 0.409. The van der Waals surface area contributed by atoms with E-state index in [2.05, 4.69) is 10.2 Å². The quantitative estimate of drug-likeness (QED) is 0.776.